The van der Waals surface area contributed by atoms with Crippen LogP contribution in [-0.4, -0.2) is 16.6 Å². The molecule has 0 aliphatic carbocycles. The largest absolute Gasteiger partial charge is 0.477 e. The summed E-state index contributed by atoms with van der Waals surface area (Å²) in [6, 6.07) is 1.57. The van der Waals surface area contributed by atoms with Crippen LogP contribution in [0.15, 0.2) is 18.7 Å². The van der Waals surface area contributed by atoms with Gasteiger partial charge in [0.2, 0.25) is 11.8 Å². The first-order valence-electron chi connectivity index (χ1n) is 4.11. The fraction of sp³-hybridized carbons (Fsp3) is 0.250. The van der Waals surface area contributed by atoms with Crippen LogP contribution in [0.5, 0.6) is 5.88 Å². The summed E-state index contributed by atoms with van der Waals surface area (Å²) in [6.45, 7) is 4.08. The maximum Gasteiger partial charge on any atom is 0.225 e. The summed E-state index contributed by atoms with van der Waals surface area (Å²) in [7, 11) is 0. The third-order valence-corrected chi connectivity index (χ3v) is 1.44. The average molecular weight is 195 g/mol. The summed E-state index contributed by atoms with van der Waals surface area (Å²) in [5, 5.41) is 0. The van der Waals surface area contributed by atoms with Crippen LogP contribution in [-0.2, 0) is 0 Å². The van der Waals surface area contributed by atoms with Crippen molar-refractivity contribution in [1.82, 2.24) is 9.97 Å². The predicted octanol–water partition coefficient (Wildman–Crippen LogP) is 0.299. The van der Waals surface area contributed by atoms with Crippen LogP contribution in [0.25, 0.3) is 0 Å². The molecule has 0 aromatic carbocycles. The van der Waals surface area contributed by atoms with Gasteiger partial charge in [0.15, 0.2) is 0 Å². The highest BCUT2D eigenvalue weighted by molar-refractivity contribution is 5.41. The molecule has 0 atom stereocenters. The molecule has 1 aromatic rings. The van der Waals surface area contributed by atoms with E-state index in [2.05, 4.69) is 22.0 Å². The van der Waals surface area contributed by atoms with Crippen LogP contribution in [0.4, 0.5) is 11.8 Å². The lowest BCUT2D eigenvalue weighted by molar-refractivity contribution is 0.312. The highest BCUT2D eigenvalue weighted by atomic mass is 16.5. The fourth-order valence-electron chi connectivity index (χ4n) is 0.838. The molecule has 76 valence electrons. The zero-order valence-corrected chi connectivity index (χ0v) is 7.73. The topological polar surface area (TPSA) is 99.1 Å². The Labute approximate surface area is 82.0 Å². The van der Waals surface area contributed by atoms with Gasteiger partial charge in [-0.3, -0.25) is 0 Å². The van der Waals surface area contributed by atoms with Crippen LogP contribution in [0.2, 0.25) is 0 Å². The number of hydrazine groups is 1. The molecule has 0 radical (unpaired) electrons. The number of ether oxygens (including phenoxy) is 1. The van der Waals surface area contributed by atoms with Gasteiger partial charge >= 0.3 is 0 Å². The lowest BCUT2D eigenvalue weighted by atomic mass is 10.4. The van der Waals surface area contributed by atoms with E-state index in [0.717, 1.165) is 6.42 Å². The molecule has 0 bridgehead atoms. The first-order valence-corrected chi connectivity index (χ1v) is 4.11. The minimum atomic E-state index is 0.119. The number of nitrogen functional groups attached to an aromatic ring is 2. The van der Waals surface area contributed by atoms with E-state index >= 15 is 0 Å². The number of hydrogen-bond acceptors (Lipinski definition) is 6. The standard InChI is InChI=1S/C8H13N5O/c1-2-3-4-14-7-5-6(13-10)11-8(9)12-7/h2,5H,1,3-4,10H2,(H3,9,11,12,13). The first-order chi connectivity index (χ1) is 6.76. The molecule has 1 aromatic heterocycles. The summed E-state index contributed by atoms with van der Waals surface area (Å²) in [5.41, 5.74) is 7.79. The van der Waals surface area contributed by atoms with Crippen molar-refractivity contribution in [3.8, 4) is 5.88 Å². The van der Waals surface area contributed by atoms with E-state index in [4.69, 9.17) is 16.3 Å². The number of hydrogen-bond donors (Lipinski definition) is 3. The third-order valence-electron chi connectivity index (χ3n) is 1.44. The van der Waals surface area contributed by atoms with Crippen LogP contribution in [0, 0.1) is 0 Å². The summed E-state index contributed by atoms with van der Waals surface area (Å²) in [5.74, 6) is 6.11. The van der Waals surface area contributed by atoms with E-state index < -0.39 is 0 Å². The summed E-state index contributed by atoms with van der Waals surface area (Å²) in [4.78, 5) is 7.68. The molecule has 14 heavy (non-hydrogen) atoms. The molecule has 6 nitrogen and oxygen atoms in total. The van der Waals surface area contributed by atoms with Crippen molar-refractivity contribution in [2.75, 3.05) is 17.8 Å². The molecule has 0 saturated carbocycles. The minimum absolute atomic E-state index is 0.119. The molecule has 0 aliphatic heterocycles. The van der Waals surface area contributed by atoms with E-state index in [9.17, 15) is 0 Å². The van der Waals surface area contributed by atoms with E-state index in [-0.39, 0.29) is 5.95 Å². The third kappa shape index (κ3) is 2.91. The molecule has 1 heterocycles. The number of aromatic nitrogens is 2. The van der Waals surface area contributed by atoms with E-state index in [0.29, 0.717) is 18.3 Å². The Bertz CT molecular complexity index is 315. The molecule has 0 fully saturated rings. The number of nitrogens with one attached hydrogen (secondary N) is 1. The van der Waals surface area contributed by atoms with Crippen molar-refractivity contribution in [3.63, 3.8) is 0 Å². The molecule has 0 spiro atoms. The number of nitrogens with zero attached hydrogens (tertiary/aromatic N) is 2. The van der Waals surface area contributed by atoms with Crippen molar-refractivity contribution < 1.29 is 4.74 Å². The Balaban J connectivity index is 2.66. The first kappa shape index (κ1) is 10.3. The zero-order chi connectivity index (χ0) is 10.4. The summed E-state index contributed by atoms with van der Waals surface area (Å²) >= 11 is 0. The van der Waals surface area contributed by atoms with Crippen LogP contribution in [0.3, 0.4) is 0 Å². The van der Waals surface area contributed by atoms with Crippen molar-refractivity contribution in [2.45, 2.75) is 6.42 Å². The highest BCUT2D eigenvalue weighted by Gasteiger charge is 2.01. The molecule has 0 aliphatic rings. The molecule has 5 N–H and O–H groups in total. The smallest absolute Gasteiger partial charge is 0.225 e. The Hall–Kier alpha value is -1.82. The second kappa shape index (κ2) is 5.03. The van der Waals surface area contributed by atoms with Crippen LogP contribution < -0.4 is 21.7 Å². The Morgan fingerprint density at radius 2 is 2.36 bits per heavy atom. The van der Waals surface area contributed by atoms with Crippen molar-refractivity contribution >= 4 is 11.8 Å². The van der Waals surface area contributed by atoms with Gasteiger partial charge in [0, 0.05) is 6.07 Å². The molecule has 1 rings (SSSR count). The Kier molecular flexibility index (Phi) is 3.69. The molecule has 0 amide bonds. The Morgan fingerprint density at radius 1 is 1.57 bits per heavy atom. The second-order valence-corrected chi connectivity index (χ2v) is 2.52. The molecular weight excluding hydrogens is 182 g/mol. The molecule has 6 heteroatoms. The van der Waals surface area contributed by atoms with Gasteiger partial charge < -0.3 is 15.9 Å². The minimum Gasteiger partial charge on any atom is -0.477 e. The number of rotatable bonds is 5. The molecular formula is C8H13N5O. The maximum absolute atomic E-state index is 5.42. The normalized spacial score (nSPS) is 9.50. The van der Waals surface area contributed by atoms with Gasteiger partial charge in [-0.1, -0.05) is 6.08 Å². The van der Waals surface area contributed by atoms with Crippen LogP contribution in [0.1, 0.15) is 6.42 Å². The van der Waals surface area contributed by atoms with Crippen molar-refractivity contribution in [1.29, 1.82) is 0 Å². The van der Waals surface area contributed by atoms with Crippen molar-refractivity contribution in [2.24, 2.45) is 5.84 Å². The van der Waals surface area contributed by atoms with E-state index in [1.165, 1.54) is 0 Å². The SMILES string of the molecule is C=CCCOc1cc(NN)nc(N)n1. The molecule has 0 saturated heterocycles. The average Bonchev–Trinajstić information content (AvgIpc) is 2.17. The molecule has 0 unspecified atom stereocenters. The van der Waals surface area contributed by atoms with Gasteiger partial charge in [0.05, 0.1) is 6.61 Å². The summed E-state index contributed by atoms with van der Waals surface area (Å²) < 4.78 is 5.27. The van der Waals surface area contributed by atoms with Gasteiger partial charge in [-0.2, -0.15) is 9.97 Å². The lowest BCUT2D eigenvalue weighted by Gasteiger charge is -2.05. The zero-order valence-electron chi connectivity index (χ0n) is 7.73. The lowest BCUT2D eigenvalue weighted by Crippen LogP contribution is -2.11. The quantitative estimate of drug-likeness (QED) is 0.270. The van der Waals surface area contributed by atoms with Crippen molar-refractivity contribution in [3.05, 3.63) is 18.7 Å². The van der Waals surface area contributed by atoms with E-state index in [1.807, 2.05) is 0 Å². The van der Waals surface area contributed by atoms with Gasteiger partial charge in [0.25, 0.3) is 0 Å². The van der Waals surface area contributed by atoms with Gasteiger partial charge in [-0.25, -0.2) is 5.84 Å². The summed E-state index contributed by atoms with van der Waals surface area (Å²) in [6.07, 6.45) is 2.50. The Morgan fingerprint density at radius 3 is 3.00 bits per heavy atom. The monoisotopic (exact) mass is 195 g/mol. The maximum atomic E-state index is 5.42. The predicted molar refractivity (Wildman–Crippen MR) is 54.6 cm³/mol. The van der Waals surface area contributed by atoms with Crippen LogP contribution >= 0.6 is 0 Å². The fourth-order valence-corrected chi connectivity index (χ4v) is 0.838. The van der Waals surface area contributed by atoms with Gasteiger partial charge in [-0.15, -0.1) is 6.58 Å². The second-order valence-electron chi connectivity index (χ2n) is 2.52. The van der Waals surface area contributed by atoms with Gasteiger partial charge in [0.1, 0.15) is 5.82 Å². The van der Waals surface area contributed by atoms with Gasteiger partial charge in [-0.05, 0) is 6.42 Å². The van der Waals surface area contributed by atoms with E-state index in [1.54, 1.807) is 12.1 Å². The number of anilines is 2. The number of nitrogens with two attached hydrogens (primary N) is 2. The highest BCUT2D eigenvalue weighted by Crippen LogP contribution is 2.13.